The molecule has 4 rings (SSSR count). The second kappa shape index (κ2) is 11.6. The van der Waals surface area contributed by atoms with E-state index in [0.29, 0.717) is 18.5 Å². The molecule has 14 heteroatoms. The van der Waals surface area contributed by atoms with Crippen LogP contribution in [-0.2, 0) is 40.4 Å². The lowest BCUT2D eigenvalue weighted by atomic mass is 9.81. The highest BCUT2D eigenvalue weighted by Crippen LogP contribution is 2.45. The lowest BCUT2D eigenvalue weighted by Gasteiger charge is -2.20. The fraction of sp³-hybridized carbons (Fsp3) is 0.370. The van der Waals surface area contributed by atoms with Crippen molar-refractivity contribution in [2.24, 2.45) is 0 Å². The molecule has 11 nitrogen and oxygen atoms in total. The van der Waals surface area contributed by atoms with Crippen molar-refractivity contribution in [3.63, 3.8) is 0 Å². The SMILES string of the molecule is CC1(C)C(=CC=CC2=[N+](CCCCS(=O)(=O)O)c3ccc(S(=O)(=O)O)cc3C2(C)C)Nc2ccc(SOOO)cc21. The highest BCUT2D eigenvalue weighted by atomic mass is 32.2. The van der Waals surface area contributed by atoms with Crippen LogP contribution in [0.25, 0.3) is 0 Å². The molecule has 2 aliphatic rings. The third kappa shape index (κ3) is 6.75. The van der Waals surface area contributed by atoms with Crippen LogP contribution in [0.3, 0.4) is 0 Å². The molecule has 0 fully saturated rings. The van der Waals surface area contributed by atoms with E-state index >= 15 is 0 Å². The van der Waals surface area contributed by atoms with Crippen molar-refractivity contribution in [2.75, 3.05) is 17.6 Å². The Morgan fingerprint density at radius 2 is 1.71 bits per heavy atom. The number of hydrogen-bond acceptors (Lipinski definition) is 9. The van der Waals surface area contributed by atoms with E-state index in [9.17, 15) is 21.4 Å². The second-order valence-electron chi connectivity index (χ2n) is 10.9. The lowest BCUT2D eigenvalue weighted by molar-refractivity contribution is -0.438. The Balaban J connectivity index is 1.67. The van der Waals surface area contributed by atoms with Crippen molar-refractivity contribution in [3.05, 3.63) is 71.5 Å². The van der Waals surface area contributed by atoms with E-state index in [1.165, 1.54) is 12.1 Å². The Bertz CT molecular complexity index is 1660. The number of allylic oxidation sites excluding steroid dienone is 4. The van der Waals surface area contributed by atoms with E-state index in [2.05, 4.69) is 28.5 Å². The van der Waals surface area contributed by atoms with Crippen molar-refractivity contribution < 1.29 is 45.1 Å². The quantitative estimate of drug-likeness (QED) is 0.0644. The number of benzene rings is 2. The van der Waals surface area contributed by atoms with Gasteiger partial charge in [0.25, 0.3) is 20.2 Å². The van der Waals surface area contributed by atoms with Gasteiger partial charge in [-0.2, -0.15) is 21.4 Å². The van der Waals surface area contributed by atoms with Crippen LogP contribution in [0.4, 0.5) is 11.4 Å². The number of anilines is 1. The first-order chi connectivity index (χ1) is 19.1. The van der Waals surface area contributed by atoms with Crippen molar-refractivity contribution in [3.8, 4) is 0 Å². The molecule has 0 spiro atoms. The van der Waals surface area contributed by atoms with Gasteiger partial charge in [-0.3, -0.25) is 9.11 Å². The number of nitrogens with zero attached hydrogens (tertiary/aromatic N) is 1. The summed E-state index contributed by atoms with van der Waals surface area (Å²) in [5.74, 6) is -0.350. The third-order valence-electron chi connectivity index (χ3n) is 7.48. The molecule has 0 saturated heterocycles. The first kappa shape index (κ1) is 31.4. The normalized spacial score (nSPS) is 18.7. The smallest absolute Gasteiger partial charge is 0.294 e. The second-order valence-corrected chi connectivity index (χ2v) is 14.7. The molecule has 2 aromatic carbocycles. The fourth-order valence-corrected chi connectivity index (χ4v) is 6.77. The number of unbranched alkanes of at least 4 members (excludes halogenated alkanes) is 1. The molecular formula is C27H33N2O9S3+. The first-order valence-corrected chi connectivity index (χ1v) is 16.5. The van der Waals surface area contributed by atoms with E-state index in [-0.39, 0.29) is 22.5 Å². The summed E-state index contributed by atoms with van der Waals surface area (Å²) in [5, 5.41) is 15.6. The third-order valence-corrected chi connectivity index (χ3v) is 9.71. The first-order valence-electron chi connectivity index (χ1n) is 12.7. The van der Waals surface area contributed by atoms with Crippen LogP contribution < -0.4 is 5.32 Å². The van der Waals surface area contributed by atoms with Gasteiger partial charge in [0, 0.05) is 45.8 Å². The number of fused-ring (bicyclic) bond motifs is 2. The molecule has 0 aromatic heterocycles. The number of hydrogen-bond donors (Lipinski definition) is 4. The van der Waals surface area contributed by atoms with E-state index in [1.54, 1.807) is 6.07 Å². The molecule has 2 aliphatic heterocycles. The zero-order chi connectivity index (χ0) is 30.2. The molecule has 41 heavy (non-hydrogen) atoms. The van der Waals surface area contributed by atoms with Crippen LogP contribution in [0, 0.1) is 0 Å². The predicted molar refractivity (Wildman–Crippen MR) is 156 cm³/mol. The molecule has 0 aliphatic carbocycles. The van der Waals surface area contributed by atoms with Crippen LogP contribution in [-0.4, -0.2) is 53.8 Å². The summed E-state index contributed by atoms with van der Waals surface area (Å²) < 4.78 is 71.4. The van der Waals surface area contributed by atoms with Gasteiger partial charge >= 0.3 is 0 Å². The van der Waals surface area contributed by atoms with Crippen molar-refractivity contribution in [2.45, 2.75) is 61.2 Å². The highest BCUT2D eigenvalue weighted by molar-refractivity contribution is 7.94. The van der Waals surface area contributed by atoms with Gasteiger partial charge in [0.05, 0.1) is 28.1 Å². The van der Waals surface area contributed by atoms with Crippen molar-refractivity contribution >= 4 is 49.4 Å². The Labute approximate surface area is 244 Å². The maximum Gasteiger partial charge on any atom is 0.294 e. The average molecular weight is 626 g/mol. The van der Waals surface area contributed by atoms with Gasteiger partial charge in [-0.05, 0) is 62.2 Å². The molecule has 0 radical (unpaired) electrons. The number of nitrogens with one attached hydrogen (secondary N) is 1. The van der Waals surface area contributed by atoms with Crippen LogP contribution in [0.2, 0.25) is 0 Å². The number of rotatable bonds is 11. The molecule has 4 N–H and O–H groups in total. The fourth-order valence-electron chi connectivity index (χ4n) is 5.30. The summed E-state index contributed by atoms with van der Waals surface area (Å²) in [5.41, 5.74) is 4.20. The highest BCUT2D eigenvalue weighted by Gasteiger charge is 2.45. The average Bonchev–Trinajstić information content (AvgIpc) is 3.25. The van der Waals surface area contributed by atoms with E-state index < -0.39 is 25.7 Å². The Morgan fingerprint density at radius 3 is 2.37 bits per heavy atom. The Kier molecular flexibility index (Phi) is 8.88. The van der Waals surface area contributed by atoms with Gasteiger partial charge in [-0.15, -0.1) is 4.33 Å². The maximum atomic E-state index is 11.9. The zero-order valence-electron chi connectivity index (χ0n) is 23.0. The molecule has 0 atom stereocenters. The molecule has 2 aromatic rings. The lowest BCUT2D eigenvalue weighted by Crippen LogP contribution is -2.28. The molecule has 0 saturated carbocycles. The molecule has 2 heterocycles. The van der Waals surface area contributed by atoms with Gasteiger partial charge in [0.15, 0.2) is 5.71 Å². The predicted octanol–water partition coefficient (Wildman–Crippen LogP) is 5.25. The van der Waals surface area contributed by atoms with E-state index in [0.717, 1.165) is 45.3 Å². The molecular weight excluding hydrogens is 593 g/mol. The minimum absolute atomic E-state index is 0.203. The van der Waals surface area contributed by atoms with Crippen LogP contribution in [0.1, 0.15) is 51.7 Å². The van der Waals surface area contributed by atoms with Crippen LogP contribution in [0.15, 0.2) is 70.1 Å². The minimum atomic E-state index is -4.41. The van der Waals surface area contributed by atoms with Gasteiger partial charge in [0.2, 0.25) is 5.69 Å². The summed E-state index contributed by atoms with van der Waals surface area (Å²) in [6.45, 7) is 8.49. The summed E-state index contributed by atoms with van der Waals surface area (Å²) >= 11 is 0.886. The van der Waals surface area contributed by atoms with Crippen molar-refractivity contribution in [1.82, 2.24) is 0 Å². The summed E-state index contributed by atoms with van der Waals surface area (Å²) in [6.07, 6.45) is 6.53. The van der Waals surface area contributed by atoms with Gasteiger partial charge in [-0.1, -0.05) is 25.0 Å². The van der Waals surface area contributed by atoms with E-state index in [4.69, 9.17) is 9.81 Å². The standard InChI is InChI=1S/C27H32N2O9S3/c1-26(2)20-16-18(39-38-37-30)10-12-22(20)28-24(26)8-7-9-25-27(3,4)21-17-19(41(34,35)36)11-13-23(21)29(25)14-5-6-15-40(31,32)33/h7-13,16-17H,5-6,14-15H2,1-4H3,(H3,30,31,32,33,34,35,36)/p+1. The summed E-state index contributed by atoms with van der Waals surface area (Å²) in [7, 11) is -8.49. The molecule has 222 valence electrons. The van der Waals surface area contributed by atoms with Crippen molar-refractivity contribution in [1.29, 1.82) is 0 Å². The zero-order valence-corrected chi connectivity index (χ0v) is 25.4. The maximum absolute atomic E-state index is 11.9. The van der Waals surface area contributed by atoms with Crippen LogP contribution in [0.5, 0.6) is 0 Å². The van der Waals surface area contributed by atoms with Crippen LogP contribution >= 0.6 is 12.0 Å². The Morgan fingerprint density at radius 1 is 0.976 bits per heavy atom. The monoisotopic (exact) mass is 625 g/mol. The molecule has 0 bridgehead atoms. The molecule has 0 amide bonds. The van der Waals surface area contributed by atoms with E-state index in [1.807, 2.05) is 54.9 Å². The van der Waals surface area contributed by atoms with Gasteiger partial charge in [-0.25, -0.2) is 5.26 Å². The van der Waals surface area contributed by atoms with Gasteiger partial charge in [0.1, 0.15) is 6.54 Å². The summed E-state index contributed by atoms with van der Waals surface area (Å²) in [6, 6.07) is 10.1. The summed E-state index contributed by atoms with van der Waals surface area (Å²) in [4.78, 5) is 0.547. The minimum Gasteiger partial charge on any atom is -0.358 e. The van der Waals surface area contributed by atoms with Gasteiger partial charge < -0.3 is 5.32 Å². The topological polar surface area (TPSA) is 162 Å². The largest absolute Gasteiger partial charge is 0.358 e. The molecule has 0 unspecified atom stereocenters. The Hall–Kier alpha value is -2.56.